The molecule has 0 radical (unpaired) electrons. The minimum Gasteiger partial charge on any atom is -0.227 e. The highest BCUT2D eigenvalue weighted by atomic mass is 32.2. The van der Waals surface area contributed by atoms with Crippen LogP contribution >= 0.6 is 0 Å². The summed E-state index contributed by atoms with van der Waals surface area (Å²) in [6.45, 7) is 3.47. The SMILES string of the molecule is C/C=C\C(=C/C)[SH](=O)=O. The van der Waals surface area contributed by atoms with E-state index < -0.39 is 10.7 Å². The second kappa shape index (κ2) is 4.32. The van der Waals surface area contributed by atoms with E-state index in [1.165, 1.54) is 0 Å². The van der Waals surface area contributed by atoms with Crippen LogP contribution in [-0.4, -0.2) is 8.42 Å². The average molecular weight is 146 g/mol. The molecule has 0 heterocycles. The molecule has 0 aliphatic carbocycles. The van der Waals surface area contributed by atoms with Gasteiger partial charge in [-0.25, -0.2) is 8.42 Å². The summed E-state index contributed by atoms with van der Waals surface area (Å²) < 4.78 is 20.5. The van der Waals surface area contributed by atoms with Gasteiger partial charge >= 0.3 is 0 Å². The molecule has 0 unspecified atom stereocenters. The first kappa shape index (κ1) is 8.43. The molecule has 0 aliphatic rings. The van der Waals surface area contributed by atoms with Crippen molar-refractivity contribution in [1.29, 1.82) is 0 Å². The summed E-state index contributed by atoms with van der Waals surface area (Å²) in [5, 5.41) is 0. The van der Waals surface area contributed by atoms with Crippen molar-refractivity contribution in [1.82, 2.24) is 0 Å². The first-order valence-corrected chi connectivity index (χ1v) is 3.83. The fraction of sp³-hybridized carbons (Fsp3) is 0.333. The van der Waals surface area contributed by atoms with Crippen LogP contribution in [0.1, 0.15) is 13.8 Å². The van der Waals surface area contributed by atoms with E-state index >= 15 is 0 Å². The third kappa shape index (κ3) is 3.08. The van der Waals surface area contributed by atoms with Crippen LogP contribution in [-0.2, 0) is 10.7 Å². The van der Waals surface area contributed by atoms with Crippen LogP contribution in [0.15, 0.2) is 23.1 Å². The van der Waals surface area contributed by atoms with Gasteiger partial charge in [0.1, 0.15) is 0 Å². The van der Waals surface area contributed by atoms with Crippen molar-refractivity contribution < 1.29 is 8.42 Å². The number of hydrogen-bond donors (Lipinski definition) is 1. The standard InChI is InChI=1S/C6H10O2S/c1-3-5-6(4-2)9(7)8/h3-5,9H,1-2H3/b5-3-,6-4+. The summed E-state index contributed by atoms with van der Waals surface area (Å²) in [6.07, 6.45) is 4.82. The average Bonchev–Trinajstić information content (AvgIpc) is 1.82. The highest BCUT2D eigenvalue weighted by Crippen LogP contribution is 1.95. The lowest BCUT2D eigenvalue weighted by Crippen LogP contribution is -1.77. The van der Waals surface area contributed by atoms with Gasteiger partial charge in [-0.15, -0.1) is 0 Å². The van der Waals surface area contributed by atoms with Crippen LogP contribution in [0.5, 0.6) is 0 Å². The highest BCUT2D eigenvalue weighted by Gasteiger charge is 1.87. The Morgan fingerprint density at radius 1 is 1.33 bits per heavy atom. The lowest BCUT2D eigenvalue weighted by Gasteiger charge is -1.83. The molecule has 2 nitrogen and oxygen atoms in total. The van der Waals surface area contributed by atoms with Gasteiger partial charge in [0.15, 0.2) is 10.7 Å². The minimum atomic E-state index is -2.40. The molecule has 0 aromatic carbocycles. The number of thiol groups is 1. The molecule has 0 saturated heterocycles. The highest BCUT2D eigenvalue weighted by molar-refractivity contribution is 7.77. The van der Waals surface area contributed by atoms with Gasteiger partial charge in [0, 0.05) is 0 Å². The fourth-order valence-corrected chi connectivity index (χ4v) is 0.915. The molecule has 0 saturated carbocycles. The van der Waals surface area contributed by atoms with Gasteiger partial charge in [0.05, 0.1) is 4.91 Å². The molecule has 0 aromatic heterocycles. The summed E-state index contributed by atoms with van der Waals surface area (Å²) in [6, 6.07) is 0. The van der Waals surface area contributed by atoms with Crippen LogP contribution in [0, 0.1) is 0 Å². The summed E-state index contributed by atoms with van der Waals surface area (Å²) in [7, 11) is -2.40. The zero-order valence-corrected chi connectivity index (χ0v) is 6.39. The van der Waals surface area contributed by atoms with E-state index in [4.69, 9.17) is 0 Å². The van der Waals surface area contributed by atoms with Crippen molar-refractivity contribution in [2.75, 3.05) is 0 Å². The first-order valence-electron chi connectivity index (χ1n) is 2.65. The van der Waals surface area contributed by atoms with E-state index in [-0.39, 0.29) is 0 Å². The monoisotopic (exact) mass is 146 g/mol. The van der Waals surface area contributed by atoms with Gasteiger partial charge in [0.2, 0.25) is 0 Å². The van der Waals surface area contributed by atoms with Crippen LogP contribution in [0.2, 0.25) is 0 Å². The van der Waals surface area contributed by atoms with Crippen molar-refractivity contribution in [3.63, 3.8) is 0 Å². The summed E-state index contributed by atoms with van der Waals surface area (Å²) in [4.78, 5) is 0.368. The van der Waals surface area contributed by atoms with E-state index in [0.29, 0.717) is 4.91 Å². The van der Waals surface area contributed by atoms with Crippen molar-refractivity contribution in [3.8, 4) is 0 Å². The number of rotatable bonds is 2. The summed E-state index contributed by atoms with van der Waals surface area (Å²) >= 11 is 0. The van der Waals surface area contributed by atoms with E-state index in [1.807, 2.05) is 0 Å². The van der Waals surface area contributed by atoms with Crippen molar-refractivity contribution >= 4 is 10.7 Å². The second-order valence-electron chi connectivity index (χ2n) is 1.47. The van der Waals surface area contributed by atoms with Crippen molar-refractivity contribution in [3.05, 3.63) is 23.1 Å². The molecule has 0 bridgehead atoms. The van der Waals surface area contributed by atoms with Gasteiger partial charge in [-0.05, 0) is 19.9 Å². The first-order chi connectivity index (χ1) is 4.22. The lowest BCUT2D eigenvalue weighted by molar-refractivity contribution is 0.620. The van der Waals surface area contributed by atoms with Crippen molar-refractivity contribution in [2.24, 2.45) is 0 Å². The van der Waals surface area contributed by atoms with Gasteiger partial charge in [-0.1, -0.05) is 12.2 Å². The van der Waals surface area contributed by atoms with Crippen LogP contribution in [0.3, 0.4) is 0 Å². The zero-order valence-electron chi connectivity index (χ0n) is 5.50. The number of allylic oxidation sites excluding steroid dienone is 3. The largest absolute Gasteiger partial charge is 0.227 e. The van der Waals surface area contributed by atoms with E-state index in [1.54, 1.807) is 32.1 Å². The molecule has 52 valence electrons. The molecule has 9 heavy (non-hydrogen) atoms. The Morgan fingerprint density at radius 2 is 1.89 bits per heavy atom. The molecule has 0 rings (SSSR count). The quantitative estimate of drug-likeness (QED) is 0.467. The smallest absolute Gasteiger partial charge is 0.167 e. The molecule has 0 aliphatic heterocycles. The predicted molar refractivity (Wildman–Crippen MR) is 38.9 cm³/mol. The minimum absolute atomic E-state index is 0.368. The Balaban J connectivity index is 4.38. The van der Waals surface area contributed by atoms with Gasteiger partial charge < -0.3 is 0 Å². The van der Waals surface area contributed by atoms with E-state index in [2.05, 4.69) is 0 Å². The maximum atomic E-state index is 10.2. The Hall–Kier alpha value is -0.570. The molecule has 0 N–H and O–H groups in total. The molecule has 0 amide bonds. The Kier molecular flexibility index (Phi) is 4.05. The zero-order chi connectivity index (χ0) is 7.28. The van der Waals surface area contributed by atoms with E-state index in [0.717, 1.165) is 0 Å². The predicted octanol–water partition coefficient (Wildman–Crippen LogP) is 1.08. The third-order valence-electron chi connectivity index (χ3n) is 0.844. The number of hydrogen-bond acceptors (Lipinski definition) is 2. The summed E-state index contributed by atoms with van der Waals surface area (Å²) in [5.74, 6) is 0. The molecule has 0 atom stereocenters. The van der Waals surface area contributed by atoms with E-state index in [9.17, 15) is 8.42 Å². The molecule has 0 fully saturated rings. The maximum absolute atomic E-state index is 10.2. The second-order valence-corrected chi connectivity index (χ2v) is 2.50. The topological polar surface area (TPSA) is 34.1 Å². The van der Waals surface area contributed by atoms with Gasteiger partial charge in [-0.3, -0.25) is 0 Å². The van der Waals surface area contributed by atoms with Crippen LogP contribution in [0.4, 0.5) is 0 Å². The van der Waals surface area contributed by atoms with Gasteiger partial charge in [0.25, 0.3) is 0 Å². The third-order valence-corrected chi connectivity index (χ3v) is 1.67. The van der Waals surface area contributed by atoms with Crippen LogP contribution < -0.4 is 0 Å². The molecule has 3 heteroatoms. The Morgan fingerprint density at radius 3 is 2.00 bits per heavy atom. The van der Waals surface area contributed by atoms with Crippen LogP contribution in [0.25, 0.3) is 0 Å². The molecule has 0 spiro atoms. The molecular weight excluding hydrogens is 136 g/mol. The Labute approximate surface area is 56.8 Å². The lowest BCUT2D eigenvalue weighted by atomic mass is 10.4. The maximum Gasteiger partial charge on any atom is 0.167 e. The van der Waals surface area contributed by atoms with Gasteiger partial charge in [-0.2, -0.15) is 0 Å². The normalized spacial score (nSPS) is 13.4. The fourth-order valence-electron chi connectivity index (χ4n) is 0.433. The Bertz CT molecular complexity index is 191. The summed E-state index contributed by atoms with van der Waals surface area (Å²) in [5.41, 5.74) is 0. The van der Waals surface area contributed by atoms with Crippen molar-refractivity contribution in [2.45, 2.75) is 13.8 Å². The molecular formula is C6H10O2S. The molecule has 0 aromatic rings.